The highest BCUT2D eigenvalue weighted by molar-refractivity contribution is 5.77. The summed E-state index contributed by atoms with van der Waals surface area (Å²) in [6.07, 6.45) is 3.30. The van der Waals surface area contributed by atoms with Gasteiger partial charge in [-0.3, -0.25) is 0 Å². The van der Waals surface area contributed by atoms with E-state index in [9.17, 15) is 0 Å². The molecule has 1 N–H and O–H groups in total. The lowest BCUT2D eigenvalue weighted by Gasteiger charge is -2.14. The number of para-hydroxylation sites is 1. The zero-order chi connectivity index (χ0) is 13.1. The maximum atomic E-state index is 5.91. The van der Waals surface area contributed by atoms with Crippen LogP contribution in [0.5, 0.6) is 0 Å². The molecule has 0 aliphatic heterocycles. The van der Waals surface area contributed by atoms with E-state index in [1.807, 2.05) is 30.3 Å². The number of furan rings is 1. The summed E-state index contributed by atoms with van der Waals surface area (Å²) >= 11 is 0. The first-order valence-corrected chi connectivity index (χ1v) is 6.36. The monoisotopic (exact) mass is 253 g/mol. The number of hydrogen-bond donors (Lipinski definition) is 1. The molecular weight excluding hydrogens is 238 g/mol. The van der Waals surface area contributed by atoms with Crippen molar-refractivity contribution in [3.8, 4) is 0 Å². The molecule has 0 radical (unpaired) electrons. The van der Waals surface area contributed by atoms with Crippen LogP contribution in [0.3, 0.4) is 0 Å². The van der Waals surface area contributed by atoms with E-state index in [-0.39, 0.29) is 6.04 Å². The molecule has 2 aromatic heterocycles. The molecule has 0 aliphatic rings. The fourth-order valence-electron chi connectivity index (χ4n) is 2.17. The van der Waals surface area contributed by atoms with Crippen molar-refractivity contribution in [1.82, 2.24) is 15.3 Å². The fraction of sp³-hybridized carbons (Fsp3) is 0.200. The first kappa shape index (κ1) is 11.9. The van der Waals surface area contributed by atoms with Gasteiger partial charge in [0.1, 0.15) is 23.7 Å². The molecule has 0 saturated heterocycles. The Morgan fingerprint density at radius 1 is 1.26 bits per heavy atom. The number of nitrogens with zero attached hydrogens (tertiary/aromatic N) is 2. The molecule has 1 atom stereocenters. The second kappa shape index (κ2) is 5.20. The predicted octanol–water partition coefficient (Wildman–Crippen LogP) is 2.92. The van der Waals surface area contributed by atoms with Crippen LogP contribution in [0, 0.1) is 0 Å². The Morgan fingerprint density at radius 2 is 2.16 bits per heavy atom. The Morgan fingerprint density at radius 3 is 2.89 bits per heavy atom. The Labute approximate surface area is 111 Å². The zero-order valence-electron chi connectivity index (χ0n) is 10.7. The van der Waals surface area contributed by atoms with E-state index >= 15 is 0 Å². The summed E-state index contributed by atoms with van der Waals surface area (Å²) in [6, 6.07) is 11.9. The minimum absolute atomic E-state index is 0.0413. The number of aromatic nitrogens is 2. The fourth-order valence-corrected chi connectivity index (χ4v) is 2.17. The molecule has 19 heavy (non-hydrogen) atoms. The summed E-state index contributed by atoms with van der Waals surface area (Å²) in [5.41, 5.74) is 1.81. The molecule has 96 valence electrons. The van der Waals surface area contributed by atoms with E-state index in [1.165, 1.54) is 0 Å². The van der Waals surface area contributed by atoms with Gasteiger partial charge in [0.25, 0.3) is 0 Å². The van der Waals surface area contributed by atoms with Crippen molar-refractivity contribution < 1.29 is 4.42 Å². The van der Waals surface area contributed by atoms with Crippen molar-refractivity contribution in [2.24, 2.45) is 0 Å². The molecule has 0 amide bonds. The molecule has 0 saturated carbocycles. The Bertz CT molecular complexity index is 630. The third-order valence-electron chi connectivity index (χ3n) is 3.04. The van der Waals surface area contributed by atoms with Crippen molar-refractivity contribution in [3.63, 3.8) is 0 Å². The smallest absolute Gasteiger partial charge is 0.134 e. The first-order valence-electron chi connectivity index (χ1n) is 6.36. The molecule has 4 heteroatoms. The average molecular weight is 253 g/mol. The van der Waals surface area contributed by atoms with Gasteiger partial charge in [-0.2, -0.15) is 0 Å². The minimum Gasteiger partial charge on any atom is -0.459 e. The second-order valence-corrected chi connectivity index (χ2v) is 4.31. The van der Waals surface area contributed by atoms with Gasteiger partial charge in [0.05, 0.1) is 5.69 Å². The predicted molar refractivity (Wildman–Crippen MR) is 73.8 cm³/mol. The first-order chi connectivity index (χ1) is 9.38. The molecule has 4 nitrogen and oxygen atoms in total. The molecule has 0 spiro atoms. The SMILES string of the molecule is CCNC(c1ccncn1)c1cc2ccccc2o1. The highest BCUT2D eigenvalue weighted by Crippen LogP contribution is 2.26. The van der Waals surface area contributed by atoms with Gasteiger partial charge in [-0.05, 0) is 24.7 Å². The van der Waals surface area contributed by atoms with Gasteiger partial charge >= 0.3 is 0 Å². The maximum absolute atomic E-state index is 5.91. The van der Waals surface area contributed by atoms with Gasteiger partial charge in [-0.1, -0.05) is 25.1 Å². The van der Waals surface area contributed by atoms with Crippen LogP contribution in [-0.4, -0.2) is 16.5 Å². The minimum atomic E-state index is -0.0413. The highest BCUT2D eigenvalue weighted by atomic mass is 16.3. The van der Waals surface area contributed by atoms with Crippen LogP contribution >= 0.6 is 0 Å². The molecule has 2 heterocycles. The van der Waals surface area contributed by atoms with Gasteiger partial charge in [-0.25, -0.2) is 9.97 Å². The third-order valence-corrected chi connectivity index (χ3v) is 3.04. The number of fused-ring (bicyclic) bond motifs is 1. The summed E-state index contributed by atoms with van der Waals surface area (Å²) in [5.74, 6) is 0.877. The molecule has 3 rings (SSSR count). The molecule has 3 aromatic rings. The van der Waals surface area contributed by atoms with Gasteiger partial charge in [0, 0.05) is 11.6 Å². The molecule has 1 unspecified atom stereocenters. The van der Waals surface area contributed by atoms with E-state index in [4.69, 9.17) is 4.42 Å². The molecular formula is C15H15N3O. The Hall–Kier alpha value is -2.20. The average Bonchev–Trinajstić information content (AvgIpc) is 2.89. The van der Waals surface area contributed by atoms with Crippen molar-refractivity contribution in [3.05, 3.63) is 60.4 Å². The van der Waals surface area contributed by atoms with E-state index in [2.05, 4.69) is 28.3 Å². The topological polar surface area (TPSA) is 51.0 Å². The molecule has 0 fully saturated rings. The number of benzene rings is 1. The second-order valence-electron chi connectivity index (χ2n) is 4.31. The Kier molecular flexibility index (Phi) is 3.25. The van der Waals surface area contributed by atoms with Crippen LogP contribution in [0.2, 0.25) is 0 Å². The largest absolute Gasteiger partial charge is 0.459 e. The van der Waals surface area contributed by atoms with E-state index in [0.29, 0.717) is 0 Å². The van der Waals surface area contributed by atoms with Crippen molar-refractivity contribution in [2.75, 3.05) is 6.54 Å². The molecule has 1 aromatic carbocycles. The Balaban J connectivity index is 2.04. The lowest BCUT2D eigenvalue weighted by atomic mass is 10.1. The van der Waals surface area contributed by atoms with Gasteiger partial charge in [0.2, 0.25) is 0 Å². The maximum Gasteiger partial charge on any atom is 0.134 e. The van der Waals surface area contributed by atoms with Gasteiger partial charge < -0.3 is 9.73 Å². The van der Waals surface area contributed by atoms with E-state index in [1.54, 1.807) is 12.5 Å². The van der Waals surface area contributed by atoms with Crippen LogP contribution in [0.1, 0.15) is 24.4 Å². The van der Waals surface area contributed by atoms with Crippen LogP contribution in [0.15, 0.2) is 53.3 Å². The number of hydrogen-bond acceptors (Lipinski definition) is 4. The number of rotatable bonds is 4. The van der Waals surface area contributed by atoms with Crippen molar-refractivity contribution in [1.29, 1.82) is 0 Å². The normalized spacial score (nSPS) is 12.7. The summed E-state index contributed by atoms with van der Waals surface area (Å²) in [5, 5.41) is 4.50. The lowest BCUT2D eigenvalue weighted by molar-refractivity contribution is 0.470. The molecule has 0 aliphatic carbocycles. The summed E-state index contributed by atoms with van der Waals surface area (Å²) in [4.78, 5) is 8.27. The van der Waals surface area contributed by atoms with Crippen LogP contribution in [0.25, 0.3) is 11.0 Å². The third kappa shape index (κ3) is 2.35. The van der Waals surface area contributed by atoms with Crippen LogP contribution in [0.4, 0.5) is 0 Å². The number of nitrogens with one attached hydrogen (secondary N) is 1. The lowest BCUT2D eigenvalue weighted by Crippen LogP contribution is -2.22. The summed E-state index contributed by atoms with van der Waals surface area (Å²) in [7, 11) is 0. The van der Waals surface area contributed by atoms with Crippen LogP contribution < -0.4 is 5.32 Å². The summed E-state index contributed by atoms with van der Waals surface area (Å²) in [6.45, 7) is 2.91. The van der Waals surface area contributed by atoms with Gasteiger partial charge in [-0.15, -0.1) is 0 Å². The van der Waals surface area contributed by atoms with Crippen molar-refractivity contribution in [2.45, 2.75) is 13.0 Å². The standard InChI is InChI=1S/C15H15N3O/c1-2-17-15(12-7-8-16-10-18-12)14-9-11-5-3-4-6-13(11)19-14/h3-10,15,17H,2H2,1H3. The van der Waals surface area contributed by atoms with Gasteiger partial charge in [0.15, 0.2) is 0 Å². The van der Waals surface area contributed by atoms with Crippen molar-refractivity contribution >= 4 is 11.0 Å². The highest BCUT2D eigenvalue weighted by Gasteiger charge is 2.18. The molecule has 0 bridgehead atoms. The quantitative estimate of drug-likeness (QED) is 0.776. The van der Waals surface area contributed by atoms with E-state index < -0.39 is 0 Å². The summed E-state index contributed by atoms with van der Waals surface area (Å²) < 4.78 is 5.91. The zero-order valence-corrected chi connectivity index (χ0v) is 10.7. The van der Waals surface area contributed by atoms with Crippen LogP contribution in [-0.2, 0) is 0 Å². The van der Waals surface area contributed by atoms with E-state index in [0.717, 1.165) is 29.0 Å².